The zero-order valence-corrected chi connectivity index (χ0v) is 13.7. The van der Waals surface area contributed by atoms with Crippen LogP contribution < -0.4 is 10.0 Å². The van der Waals surface area contributed by atoms with Crippen molar-refractivity contribution in [2.75, 3.05) is 6.54 Å². The fraction of sp³-hybridized carbons (Fsp3) is 0.692. The highest BCUT2D eigenvalue weighted by molar-refractivity contribution is 7.91. The smallest absolute Gasteiger partial charge is 0.250 e. The molecule has 0 spiro atoms. The van der Waals surface area contributed by atoms with Gasteiger partial charge >= 0.3 is 0 Å². The summed E-state index contributed by atoms with van der Waals surface area (Å²) in [5.74, 6) is 0.293. The molecule has 4 nitrogen and oxygen atoms in total. The number of thiophene rings is 1. The van der Waals surface area contributed by atoms with Gasteiger partial charge in [-0.3, -0.25) is 0 Å². The summed E-state index contributed by atoms with van der Waals surface area (Å²) in [5.41, 5.74) is 0. The number of hydrogen-bond acceptors (Lipinski definition) is 4. The molecule has 0 aliphatic rings. The minimum Gasteiger partial charge on any atom is -0.312 e. The van der Waals surface area contributed by atoms with E-state index in [0.29, 0.717) is 10.1 Å². The van der Waals surface area contributed by atoms with Gasteiger partial charge in [-0.2, -0.15) is 0 Å². The number of rotatable bonds is 8. The van der Waals surface area contributed by atoms with E-state index in [9.17, 15) is 8.42 Å². The van der Waals surface area contributed by atoms with E-state index in [0.717, 1.165) is 24.4 Å². The second-order valence-corrected chi connectivity index (χ2v) is 7.99. The van der Waals surface area contributed by atoms with Gasteiger partial charge in [-0.25, -0.2) is 13.1 Å². The highest BCUT2D eigenvalue weighted by atomic mass is 32.2. The van der Waals surface area contributed by atoms with Gasteiger partial charge in [0.25, 0.3) is 0 Å². The molecule has 1 atom stereocenters. The average Bonchev–Trinajstić information content (AvgIpc) is 2.82. The molecule has 19 heavy (non-hydrogen) atoms. The first-order chi connectivity index (χ1) is 8.90. The molecule has 1 aromatic heterocycles. The zero-order valence-electron chi connectivity index (χ0n) is 12.1. The Kier molecular flexibility index (Phi) is 6.46. The summed E-state index contributed by atoms with van der Waals surface area (Å²) < 4.78 is 27.7. The van der Waals surface area contributed by atoms with Gasteiger partial charge in [-0.05, 0) is 31.0 Å². The first-order valence-corrected chi connectivity index (χ1v) is 9.02. The van der Waals surface area contributed by atoms with Crippen molar-refractivity contribution in [1.82, 2.24) is 10.0 Å². The van der Waals surface area contributed by atoms with E-state index >= 15 is 0 Å². The Morgan fingerprint density at radius 1 is 1.26 bits per heavy atom. The van der Waals surface area contributed by atoms with Gasteiger partial charge in [0.2, 0.25) is 10.0 Å². The summed E-state index contributed by atoms with van der Waals surface area (Å²) in [6.07, 6.45) is 0.798. The first kappa shape index (κ1) is 16.6. The third-order valence-electron chi connectivity index (χ3n) is 3.00. The summed E-state index contributed by atoms with van der Waals surface area (Å²) in [6, 6.07) is 3.55. The van der Waals surface area contributed by atoms with Gasteiger partial charge in [0.05, 0.1) is 0 Å². The van der Waals surface area contributed by atoms with Crippen LogP contribution in [0.4, 0.5) is 0 Å². The molecule has 0 aliphatic carbocycles. The van der Waals surface area contributed by atoms with E-state index in [2.05, 4.69) is 10.0 Å². The Morgan fingerprint density at radius 2 is 1.95 bits per heavy atom. The largest absolute Gasteiger partial charge is 0.312 e. The van der Waals surface area contributed by atoms with Crippen LogP contribution >= 0.6 is 11.3 Å². The zero-order chi connectivity index (χ0) is 14.5. The Labute approximate surface area is 120 Å². The molecule has 110 valence electrons. The number of nitrogens with one attached hydrogen (secondary N) is 2. The highest BCUT2D eigenvalue weighted by Gasteiger charge is 2.22. The quantitative estimate of drug-likeness (QED) is 0.776. The second-order valence-electron chi connectivity index (χ2n) is 4.88. The molecular formula is C13H24N2O2S2. The van der Waals surface area contributed by atoms with E-state index < -0.39 is 10.0 Å². The fourth-order valence-corrected chi connectivity index (χ4v) is 4.60. The van der Waals surface area contributed by atoms with E-state index in [1.54, 1.807) is 6.07 Å². The summed E-state index contributed by atoms with van der Waals surface area (Å²) in [6.45, 7) is 9.69. The topological polar surface area (TPSA) is 58.2 Å². The van der Waals surface area contributed by atoms with Crippen LogP contribution in [0.2, 0.25) is 0 Å². The van der Waals surface area contributed by atoms with Gasteiger partial charge in [0.1, 0.15) is 4.21 Å². The lowest BCUT2D eigenvalue weighted by atomic mass is 10.0. The van der Waals surface area contributed by atoms with Crippen LogP contribution in [-0.2, 0) is 16.6 Å². The average molecular weight is 304 g/mol. The van der Waals surface area contributed by atoms with Crippen molar-refractivity contribution >= 4 is 21.4 Å². The molecule has 0 aromatic carbocycles. The Balaban J connectivity index is 2.79. The summed E-state index contributed by atoms with van der Waals surface area (Å²) in [7, 11) is -3.38. The lowest BCUT2D eigenvalue weighted by Crippen LogP contribution is -2.37. The van der Waals surface area contributed by atoms with E-state index in [-0.39, 0.29) is 6.04 Å². The van der Waals surface area contributed by atoms with Crippen LogP contribution in [-0.4, -0.2) is 21.0 Å². The predicted octanol–water partition coefficient (Wildman–Crippen LogP) is 2.57. The van der Waals surface area contributed by atoms with Crippen LogP contribution in [0.1, 0.15) is 39.0 Å². The second kappa shape index (κ2) is 7.38. The van der Waals surface area contributed by atoms with Crippen LogP contribution in [0.15, 0.2) is 16.3 Å². The summed E-state index contributed by atoms with van der Waals surface area (Å²) in [5, 5.41) is 3.19. The molecule has 1 heterocycles. The summed E-state index contributed by atoms with van der Waals surface area (Å²) >= 11 is 1.33. The van der Waals surface area contributed by atoms with E-state index in [1.807, 2.05) is 33.8 Å². The van der Waals surface area contributed by atoms with Gasteiger partial charge in [0, 0.05) is 17.5 Å². The molecule has 0 radical (unpaired) electrons. The lowest BCUT2D eigenvalue weighted by Gasteiger charge is -2.19. The lowest BCUT2D eigenvalue weighted by molar-refractivity contribution is 0.438. The van der Waals surface area contributed by atoms with E-state index in [4.69, 9.17) is 0 Å². The van der Waals surface area contributed by atoms with Crippen molar-refractivity contribution in [2.24, 2.45) is 5.92 Å². The molecule has 0 bridgehead atoms. The third-order valence-corrected chi connectivity index (χ3v) is 6.07. The third kappa shape index (κ3) is 4.87. The normalized spacial score (nSPS) is 13.9. The number of sulfonamides is 1. The highest BCUT2D eigenvalue weighted by Crippen LogP contribution is 2.22. The molecule has 0 saturated carbocycles. The molecule has 6 heteroatoms. The predicted molar refractivity (Wildman–Crippen MR) is 80.9 cm³/mol. The van der Waals surface area contributed by atoms with Crippen molar-refractivity contribution < 1.29 is 8.42 Å². The van der Waals surface area contributed by atoms with Crippen LogP contribution in [0, 0.1) is 5.92 Å². The maximum Gasteiger partial charge on any atom is 0.250 e. The monoisotopic (exact) mass is 304 g/mol. The van der Waals surface area contributed by atoms with Crippen molar-refractivity contribution in [3.8, 4) is 0 Å². The van der Waals surface area contributed by atoms with E-state index in [1.165, 1.54) is 11.3 Å². The fourth-order valence-electron chi connectivity index (χ4n) is 1.79. The van der Waals surface area contributed by atoms with Crippen LogP contribution in [0.25, 0.3) is 0 Å². The maximum atomic E-state index is 12.3. The van der Waals surface area contributed by atoms with Gasteiger partial charge in [0.15, 0.2) is 0 Å². The van der Waals surface area contributed by atoms with Crippen LogP contribution in [0.5, 0.6) is 0 Å². The molecule has 2 N–H and O–H groups in total. The number of hydrogen-bond donors (Lipinski definition) is 2. The SMILES string of the molecule is CCNCc1ccc(S(=O)(=O)NC(CC)C(C)C)s1. The van der Waals surface area contributed by atoms with Gasteiger partial charge in [-0.15, -0.1) is 11.3 Å². The molecule has 0 aliphatic heterocycles. The minimum absolute atomic E-state index is 0.00989. The molecule has 1 rings (SSSR count). The van der Waals surface area contributed by atoms with Gasteiger partial charge < -0.3 is 5.32 Å². The molecular weight excluding hydrogens is 280 g/mol. The summed E-state index contributed by atoms with van der Waals surface area (Å²) in [4.78, 5) is 1.04. The Morgan fingerprint density at radius 3 is 2.47 bits per heavy atom. The van der Waals surface area contributed by atoms with Crippen molar-refractivity contribution in [2.45, 2.75) is 50.9 Å². The van der Waals surface area contributed by atoms with Gasteiger partial charge in [-0.1, -0.05) is 27.7 Å². The molecule has 0 fully saturated rings. The molecule has 0 saturated heterocycles. The molecule has 0 amide bonds. The maximum absolute atomic E-state index is 12.3. The molecule has 1 unspecified atom stereocenters. The van der Waals surface area contributed by atoms with Crippen molar-refractivity contribution in [3.63, 3.8) is 0 Å². The van der Waals surface area contributed by atoms with Crippen molar-refractivity contribution in [3.05, 3.63) is 17.0 Å². The molecule has 1 aromatic rings. The van der Waals surface area contributed by atoms with Crippen LogP contribution in [0.3, 0.4) is 0 Å². The Bertz CT molecular complexity index is 481. The standard InChI is InChI=1S/C13H24N2O2S2/c1-5-12(10(3)4)15-19(16,17)13-8-7-11(18-13)9-14-6-2/h7-8,10,12,14-15H,5-6,9H2,1-4H3. The Hall–Kier alpha value is -0.430. The first-order valence-electron chi connectivity index (χ1n) is 6.72. The minimum atomic E-state index is -3.38. The van der Waals surface area contributed by atoms with Crippen molar-refractivity contribution in [1.29, 1.82) is 0 Å².